The van der Waals surface area contributed by atoms with Crippen molar-refractivity contribution in [2.75, 3.05) is 0 Å². The van der Waals surface area contributed by atoms with E-state index in [2.05, 4.69) is 36.2 Å². The third kappa shape index (κ3) is 2.56. The van der Waals surface area contributed by atoms with E-state index in [1.165, 1.54) is 11.1 Å². The highest BCUT2D eigenvalue weighted by molar-refractivity contribution is 5.54. The van der Waals surface area contributed by atoms with Crippen molar-refractivity contribution in [2.24, 2.45) is 0 Å². The lowest BCUT2D eigenvalue weighted by Gasteiger charge is -2.01. The average Bonchev–Trinajstić information content (AvgIpc) is 2.41. The maximum absolute atomic E-state index is 4.29. The summed E-state index contributed by atoms with van der Waals surface area (Å²) in [5.41, 5.74) is 3.81. The van der Waals surface area contributed by atoms with Crippen LogP contribution < -0.4 is 0 Å². The largest absolute Gasteiger partial charge is 0.257 e. The molecule has 1 nitrogen and oxygen atoms in total. The van der Waals surface area contributed by atoms with Gasteiger partial charge >= 0.3 is 0 Å². The zero-order valence-electron chi connectivity index (χ0n) is 9.12. The molecule has 0 atom stereocenters. The minimum absolute atomic E-state index is 1.02. The lowest BCUT2D eigenvalue weighted by atomic mass is 10.1. The summed E-state index contributed by atoms with van der Waals surface area (Å²) in [6.45, 7) is 6.15. The number of nitrogens with zero attached hydrogens (tertiary/aromatic N) is 1. The summed E-state index contributed by atoms with van der Waals surface area (Å²) >= 11 is 0. The molecule has 0 saturated heterocycles. The fraction of sp³-hybridized carbons (Fsp3) is 0.308. The summed E-state index contributed by atoms with van der Waals surface area (Å²) < 4.78 is 0. The van der Waals surface area contributed by atoms with Crippen LogP contribution >= 0.6 is 0 Å². The molecule has 74 valence electrons. The summed E-state index contributed by atoms with van der Waals surface area (Å²) in [6, 6.07) is 4.13. The van der Waals surface area contributed by atoms with E-state index in [1.807, 2.05) is 26.1 Å². The Morgan fingerprint density at radius 3 is 2.86 bits per heavy atom. The first kappa shape index (κ1) is 10.7. The van der Waals surface area contributed by atoms with Crippen molar-refractivity contribution in [1.29, 1.82) is 0 Å². The van der Waals surface area contributed by atoms with Crippen LogP contribution in [0.25, 0.3) is 6.08 Å². The van der Waals surface area contributed by atoms with Gasteiger partial charge in [-0.05, 0) is 31.1 Å². The minimum atomic E-state index is 1.02. The maximum atomic E-state index is 4.29. The first-order chi connectivity index (χ1) is 6.86. The van der Waals surface area contributed by atoms with Crippen LogP contribution in [0.5, 0.6) is 0 Å². The SMILES string of the molecule is CC.CC1=CC=Cc2ncccc2C1. The molecular formula is C13H17N. The number of aromatic nitrogens is 1. The summed E-state index contributed by atoms with van der Waals surface area (Å²) in [5, 5.41) is 0. The van der Waals surface area contributed by atoms with E-state index >= 15 is 0 Å². The first-order valence-corrected chi connectivity index (χ1v) is 5.14. The van der Waals surface area contributed by atoms with E-state index in [0.29, 0.717) is 0 Å². The van der Waals surface area contributed by atoms with E-state index in [-0.39, 0.29) is 0 Å². The van der Waals surface area contributed by atoms with Crippen molar-refractivity contribution in [2.45, 2.75) is 27.2 Å². The minimum Gasteiger partial charge on any atom is -0.257 e. The molecule has 1 aliphatic carbocycles. The Bertz CT molecular complexity index is 348. The van der Waals surface area contributed by atoms with E-state index < -0.39 is 0 Å². The van der Waals surface area contributed by atoms with Gasteiger partial charge in [0.15, 0.2) is 0 Å². The highest BCUT2D eigenvalue weighted by Gasteiger charge is 2.02. The Kier molecular flexibility index (Phi) is 4.11. The molecule has 0 N–H and O–H groups in total. The van der Waals surface area contributed by atoms with Crippen molar-refractivity contribution in [1.82, 2.24) is 4.98 Å². The zero-order valence-corrected chi connectivity index (χ0v) is 9.12. The van der Waals surface area contributed by atoms with E-state index in [9.17, 15) is 0 Å². The fourth-order valence-electron chi connectivity index (χ4n) is 1.41. The van der Waals surface area contributed by atoms with Gasteiger partial charge in [0.1, 0.15) is 0 Å². The monoisotopic (exact) mass is 187 g/mol. The topological polar surface area (TPSA) is 12.9 Å². The fourth-order valence-corrected chi connectivity index (χ4v) is 1.41. The second kappa shape index (κ2) is 5.38. The van der Waals surface area contributed by atoms with Crippen LogP contribution in [-0.4, -0.2) is 4.98 Å². The van der Waals surface area contributed by atoms with Gasteiger partial charge in [0, 0.05) is 6.20 Å². The van der Waals surface area contributed by atoms with Gasteiger partial charge in [-0.15, -0.1) is 0 Å². The van der Waals surface area contributed by atoms with Gasteiger partial charge in [-0.2, -0.15) is 0 Å². The van der Waals surface area contributed by atoms with E-state index in [0.717, 1.165) is 12.1 Å². The average molecular weight is 187 g/mol. The molecule has 1 aromatic rings. The standard InChI is InChI=1S/C11H11N.C2H6/c1-9-4-2-6-11-10(8-9)5-3-7-12-11;1-2/h2-7H,8H2,1H3;1-2H3. The van der Waals surface area contributed by atoms with Crippen molar-refractivity contribution < 1.29 is 0 Å². The van der Waals surface area contributed by atoms with Crippen LogP contribution in [0.3, 0.4) is 0 Å². The molecule has 0 fully saturated rings. The maximum Gasteiger partial charge on any atom is 0.0664 e. The summed E-state index contributed by atoms with van der Waals surface area (Å²) in [6.07, 6.45) is 9.13. The number of allylic oxidation sites excluding steroid dienone is 3. The molecule has 0 saturated carbocycles. The molecule has 0 aliphatic heterocycles. The number of rotatable bonds is 0. The predicted molar refractivity (Wildman–Crippen MR) is 62.1 cm³/mol. The number of hydrogen-bond acceptors (Lipinski definition) is 1. The van der Waals surface area contributed by atoms with Crippen LogP contribution in [0.1, 0.15) is 32.0 Å². The van der Waals surface area contributed by atoms with Crippen LogP contribution in [0, 0.1) is 0 Å². The van der Waals surface area contributed by atoms with Gasteiger partial charge in [0.25, 0.3) is 0 Å². The lowest BCUT2D eigenvalue weighted by molar-refractivity contribution is 1.11. The second-order valence-corrected chi connectivity index (χ2v) is 3.10. The highest BCUT2D eigenvalue weighted by atomic mass is 14.7. The molecular weight excluding hydrogens is 170 g/mol. The number of pyridine rings is 1. The number of hydrogen-bond donors (Lipinski definition) is 0. The molecule has 1 aromatic heterocycles. The van der Waals surface area contributed by atoms with Gasteiger partial charge in [0.2, 0.25) is 0 Å². The summed E-state index contributed by atoms with van der Waals surface area (Å²) in [7, 11) is 0. The molecule has 0 amide bonds. The molecule has 1 heteroatoms. The van der Waals surface area contributed by atoms with E-state index in [4.69, 9.17) is 0 Å². The third-order valence-electron chi connectivity index (χ3n) is 2.03. The molecule has 0 bridgehead atoms. The van der Waals surface area contributed by atoms with Gasteiger partial charge in [-0.25, -0.2) is 0 Å². The Hall–Kier alpha value is -1.37. The lowest BCUT2D eigenvalue weighted by Crippen LogP contribution is -1.91. The molecule has 14 heavy (non-hydrogen) atoms. The normalized spacial score (nSPS) is 13.2. The van der Waals surface area contributed by atoms with Crippen molar-refractivity contribution >= 4 is 6.08 Å². The van der Waals surface area contributed by atoms with Crippen LogP contribution in [0.2, 0.25) is 0 Å². The smallest absolute Gasteiger partial charge is 0.0664 e. The predicted octanol–water partition coefficient (Wildman–Crippen LogP) is 3.62. The van der Waals surface area contributed by atoms with Gasteiger partial charge < -0.3 is 0 Å². The van der Waals surface area contributed by atoms with Gasteiger partial charge in [-0.1, -0.05) is 37.6 Å². The van der Waals surface area contributed by atoms with Crippen molar-refractivity contribution in [3.8, 4) is 0 Å². The Morgan fingerprint density at radius 2 is 2.07 bits per heavy atom. The Morgan fingerprint density at radius 1 is 1.29 bits per heavy atom. The molecule has 1 aliphatic rings. The molecule has 0 radical (unpaired) electrons. The summed E-state index contributed by atoms with van der Waals surface area (Å²) in [5.74, 6) is 0. The molecule has 2 rings (SSSR count). The van der Waals surface area contributed by atoms with Crippen LogP contribution in [0.15, 0.2) is 36.1 Å². The Balaban J connectivity index is 0.000000461. The highest BCUT2D eigenvalue weighted by Crippen LogP contribution is 2.16. The molecule has 0 aromatic carbocycles. The second-order valence-electron chi connectivity index (χ2n) is 3.10. The quantitative estimate of drug-likeness (QED) is 0.604. The van der Waals surface area contributed by atoms with Gasteiger partial charge in [0.05, 0.1) is 5.69 Å². The van der Waals surface area contributed by atoms with Crippen LogP contribution in [-0.2, 0) is 6.42 Å². The number of fused-ring (bicyclic) bond motifs is 1. The summed E-state index contributed by atoms with van der Waals surface area (Å²) in [4.78, 5) is 4.29. The molecule has 1 heterocycles. The van der Waals surface area contributed by atoms with Crippen LogP contribution in [0.4, 0.5) is 0 Å². The molecule has 0 spiro atoms. The zero-order chi connectivity index (χ0) is 10.4. The van der Waals surface area contributed by atoms with Crippen molar-refractivity contribution in [3.63, 3.8) is 0 Å². The van der Waals surface area contributed by atoms with Gasteiger partial charge in [-0.3, -0.25) is 4.98 Å². The van der Waals surface area contributed by atoms with Crippen molar-refractivity contribution in [3.05, 3.63) is 47.3 Å². The molecule has 0 unspecified atom stereocenters. The van der Waals surface area contributed by atoms with E-state index in [1.54, 1.807) is 0 Å². The third-order valence-corrected chi connectivity index (χ3v) is 2.03. The first-order valence-electron chi connectivity index (χ1n) is 5.14. The Labute approximate surface area is 86.2 Å².